The van der Waals surface area contributed by atoms with E-state index in [9.17, 15) is 9.59 Å². The second-order valence-electron chi connectivity index (χ2n) is 5.57. The molecule has 2 rings (SSSR count). The topological polar surface area (TPSA) is 93.4 Å². The van der Waals surface area contributed by atoms with Crippen LogP contribution in [0.5, 0.6) is 5.75 Å². The number of hydrogen-bond acceptors (Lipinski definition) is 3. The van der Waals surface area contributed by atoms with Gasteiger partial charge in [0, 0.05) is 17.8 Å². The van der Waals surface area contributed by atoms with E-state index in [0.29, 0.717) is 17.8 Å². The number of nitrogens with one attached hydrogen (secondary N) is 2. The highest BCUT2D eigenvalue weighted by Crippen LogP contribution is 2.15. The Labute approximate surface area is 141 Å². The Balaban J connectivity index is 1.91. The fraction of sp³-hybridized carbons (Fsp3) is 0.222. The fourth-order valence-corrected chi connectivity index (χ4v) is 2.11. The summed E-state index contributed by atoms with van der Waals surface area (Å²) in [6.07, 6.45) is 0.0917. The zero-order chi connectivity index (χ0) is 17.5. The highest BCUT2D eigenvalue weighted by Gasteiger charge is 2.06. The summed E-state index contributed by atoms with van der Waals surface area (Å²) in [6, 6.07) is 13.6. The number of primary amides is 1. The Morgan fingerprint density at radius 2 is 1.88 bits per heavy atom. The van der Waals surface area contributed by atoms with Gasteiger partial charge in [-0.1, -0.05) is 18.2 Å². The maximum atomic E-state index is 12.0. The van der Waals surface area contributed by atoms with Gasteiger partial charge in [0.25, 0.3) is 0 Å². The second-order valence-corrected chi connectivity index (χ2v) is 5.57. The lowest BCUT2D eigenvalue weighted by Gasteiger charge is -2.12. The van der Waals surface area contributed by atoms with Gasteiger partial charge in [0.15, 0.2) is 0 Å². The summed E-state index contributed by atoms with van der Waals surface area (Å²) in [5.41, 5.74) is 6.98. The fourth-order valence-electron chi connectivity index (χ4n) is 2.11. The molecule has 6 heteroatoms. The predicted octanol–water partition coefficient (Wildman–Crippen LogP) is 2.89. The zero-order valence-corrected chi connectivity index (χ0v) is 13.7. The first kappa shape index (κ1) is 17.3. The van der Waals surface area contributed by atoms with E-state index in [4.69, 9.17) is 10.5 Å². The molecule has 0 bridgehead atoms. The highest BCUT2D eigenvalue weighted by atomic mass is 16.5. The number of carbonyl (C=O) groups excluding carboxylic acids is 2. The van der Waals surface area contributed by atoms with Crippen LogP contribution >= 0.6 is 0 Å². The molecule has 0 heterocycles. The molecule has 126 valence electrons. The normalized spacial score (nSPS) is 10.3. The van der Waals surface area contributed by atoms with Crippen molar-refractivity contribution in [3.05, 3.63) is 59.7 Å². The number of nitrogens with two attached hydrogens (primary N) is 1. The van der Waals surface area contributed by atoms with Gasteiger partial charge < -0.3 is 21.1 Å². The number of benzene rings is 2. The summed E-state index contributed by atoms with van der Waals surface area (Å²) >= 11 is 0. The zero-order valence-electron chi connectivity index (χ0n) is 13.7. The van der Waals surface area contributed by atoms with Gasteiger partial charge in [-0.2, -0.15) is 0 Å². The van der Waals surface area contributed by atoms with Crippen molar-refractivity contribution in [1.82, 2.24) is 5.32 Å². The average Bonchev–Trinajstić information content (AvgIpc) is 2.53. The SMILES string of the molecule is CC(C)Oc1cccc(CNC(=O)Nc2cccc(C(N)=O)c2)c1. The molecule has 4 N–H and O–H groups in total. The lowest BCUT2D eigenvalue weighted by molar-refractivity contribution is 0.1000. The van der Waals surface area contributed by atoms with Crippen molar-refractivity contribution in [2.75, 3.05) is 5.32 Å². The number of hydrogen-bond donors (Lipinski definition) is 3. The summed E-state index contributed by atoms with van der Waals surface area (Å²) in [5, 5.41) is 5.42. The van der Waals surface area contributed by atoms with Gasteiger partial charge in [-0.25, -0.2) is 4.79 Å². The van der Waals surface area contributed by atoms with Crippen LogP contribution in [0.3, 0.4) is 0 Å². The van der Waals surface area contributed by atoms with Crippen molar-refractivity contribution in [3.8, 4) is 5.75 Å². The van der Waals surface area contributed by atoms with E-state index < -0.39 is 5.91 Å². The maximum Gasteiger partial charge on any atom is 0.319 e. The molecule has 0 radical (unpaired) electrons. The number of amides is 3. The highest BCUT2D eigenvalue weighted by molar-refractivity contribution is 5.95. The first-order valence-electron chi connectivity index (χ1n) is 7.64. The number of anilines is 1. The van der Waals surface area contributed by atoms with Gasteiger partial charge >= 0.3 is 6.03 Å². The minimum Gasteiger partial charge on any atom is -0.491 e. The first-order valence-corrected chi connectivity index (χ1v) is 7.64. The van der Waals surface area contributed by atoms with Crippen LogP contribution in [0.2, 0.25) is 0 Å². The van der Waals surface area contributed by atoms with E-state index in [2.05, 4.69) is 10.6 Å². The number of ether oxygens (including phenoxy) is 1. The smallest absolute Gasteiger partial charge is 0.319 e. The van der Waals surface area contributed by atoms with Gasteiger partial charge in [-0.15, -0.1) is 0 Å². The van der Waals surface area contributed by atoms with Crippen LogP contribution < -0.4 is 21.1 Å². The second kappa shape index (κ2) is 8.01. The van der Waals surface area contributed by atoms with Crippen molar-refractivity contribution in [1.29, 1.82) is 0 Å². The number of rotatable bonds is 6. The van der Waals surface area contributed by atoms with Gasteiger partial charge in [0.2, 0.25) is 5.91 Å². The standard InChI is InChI=1S/C18H21N3O3/c1-12(2)24-16-8-3-5-13(9-16)11-20-18(23)21-15-7-4-6-14(10-15)17(19)22/h3-10,12H,11H2,1-2H3,(H2,19,22)(H2,20,21,23). The Kier molecular flexibility index (Phi) is 5.78. The Morgan fingerprint density at radius 3 is 2.58 bits per heavy atom. The van der Waals surface area contributed by atoms with Crippen LogP contribution in [0, 0.1) is 0 Å². The van der Waals surface area contributed by atoms with Gasteiger partial charge in [-0.3, -0.25) is 4.79 Å². The first-order chi connectivity index (χ1) is 11.4. The Morgan fingerprint density at radius 1 is 1.12 bits per heavy atom. The Bertz CT molecular complexity index is 729. The molecule has 2 aromatic carbocycles. The molecule has 0 aromatic heterocycles. The third kappa shape index (κ3) is 5.31. The summed E-state index contributed by atoms with van der Waals surface area (Å²) < 4.78 is 5.62. The monoisotopic (exact) mass is 327 g/mol. The largest absolute Gasteiger partial charge is 0.491 e. The summed E-state index contributed by atoms with van der Waals surface area (Å²) in [7, 11) is 0. The molecule has 0 aliphatic rings. The van der Waals surface area contributed by atoms with Crippen molar-refractivity contribution >= 4 is 17.6 Å². The van der Waals surface area contributed by atoms with Gasteiger partial charge in [0.05, 0.1) is 6.10 Å². The minimum atomic E-state index is -0.541. The van der Waals surface area contributed by atoms with Crippen LogP contribution in [-0.4, -0.2) is 18.0 Å². The molecule has 0 aliphatic carbocycles. The lowest BCUT2D eigenvalue weighted by Crippen LogP contribution is -2.28. The minimum absolute atomic E-state index is 0.0917. The molecule has 24 heavy (non-hydrogen) atoms. The van der Waals surface area contributed by atoms with Crippen LogP contribution in [-0.2, 0) is 6.54 Å². The van der Waals surface area contributed by atoms with Crippen molar-refractivity contribution in [2.45, 2.75) is 26.5 Å². The van der Waals surface area contributed by atoms with Crippen LogP contribution in [0.4, 0.5) is 10.5 Å². The molecule has 3 amide bonds. The average molecular weight is 327 g/mol. The molecule has 6 nitrogen and oxygen atoms in total. The lowest BCUT2D eigenvalue weighted by atomic mass is 10.2. The third-order valence-electron chi connectivity index (χ3n) is 3.13. The molecule has 0 saturated heterocycles. The molecule has 0 spiro atoms. The van der Waals surface area contributed by atoms with Crippen molar-refractivity contribution in [2.24, 2.45) is 5.73 Å². The van der Waals surface area contributed by atoms with E-state index in [-0.39, 0.29) is 12.1 Å². The molecule has 0 aliphatic heterocycles. The van der Waals surface area contributed by atoms with Crippen LogP contribution in [0.25, 0.3) is 0 Å². The van der Waals surface area contributed by atoms with Crippen molar-refractivity contribution < 1.29 is 14.3 Å². The predicted molar refractivity (Wildman–Crippen MR) is 93.0 cm³/mol. The van der Waals surface area contributed by atoms with E-state index in [1.807, 2.05) is 38.1 Å². The molecule has 0 unspecified atom stereocenters. The summed E-state index contributed by atoms with van der Waals surface area (Å²) in [6.45, 7) is 4.27. The van der Waals surface area contributed by atoms with Gasteiger partial charge in [-0.05, 0) is 49.7 Å². The van der Waals surface area contributed by atoms with E-state index >= 15 is 0 Å². The summed E-state index contributed by atoms with van der Waals surface area (Å²) in [4.78, 5) is 23.1. The van der Waals surface area contributed by atoms with Crippen molar-refractivity contribution in [3.63, 3.8) is 0 Å². The molecule has 0 atom stereocenters. The number of urea groups is 1. The quantitative estimate of drug-likeness (QED) is 0.761. The van der Waals surface area contributed by atoms with Crippen LogP contribution in [0.15, 0.2) is 48.5 Å². The molecule has 0 fully saturated rings. The van der Waals surface area contributed by atoms with E-state index in [0.717, 1.165) is 11.3 Å². The third-order valence-corrected chi connectivity index (χ3v) is 3.13. The molecule has 0 saturated carbocycles. The molecule has 2 aromatic rings. The Hall–Kier alpha value is -3.02. The maximum absolute atomic E-state index is 12.0. The van der Waals surface area contributed by atoms with Crippen LogP contribution in [0.1, 0.15) is 29.8 Å². The molecular formula is C18H21N3O3. The summed E-state index contributed by atoms with van der Waals surface area (Å²) in [5.74, 6) is 0.222. The number of carbonyl (C=O) groups is 2. The molecular weight excluding hydrogens is 306 g/mol. The van der Waals surface area contributed by atoms with E-state index in [1.165, 1.54) is 6.07 Å². The van der Waals surface area contributed by atoms with Gasteiger partial charge in [0.1, 0.15) is 5.75 Å². The van der Waals surface area contributed by atoms with E-state index in [1.54, 1.807) is 18.2 Å².